The Morgan fingerprint density at radius 2 is 2.07 bits per heavy atom. The molecule has 0 bridgehead atoms. The van der Waals surface area contributed by atoms with Gasteiger partial charge in [0.1, 0.15) is 6.54 Å². The van der Waals surface area contributed by atoms with E-state index in [1.54, 1.807) is 6.07 Å². The van der Waals surface area contributed by atoms with Crippen LogP contribution in [0, 0.1) is 22.7 Å². The molecule has 1 aromatic heterocycles. The van der Waals surface area contributed by atoms with Gasteiger partial charge in [-0.2, -0.15) is 10.5 Å². The first-order chi connectivity index (χ1) is 6.86. The average Bonchev–Trinajstić information content (AvgIpc) is 2.62. The number of fused-ring (bicyclic) bond motifs is 1. The van der Waals surface area contributed by atoms with Crippen molar-refractivity contribution < 1.29 is 0 Å². The highest BCUT2D eigenvalue weighted by Crippen LogP contribution is 2.19. The SMILES string of the molecule is N#CCn1ccc2c(C#N)cccc21. The molecule has 3 heteroatoms. The summed E-state index contributed by atoms with van der Waals surface area (Å²) in [7, 11) is 0. The minimum atomic E-state index is 0.318. The second kappa shape index (κ2) is 3.24. The third-order valence-corrected chi connectivity index (χ3v) is 2.18. The Kier molecular flexibility index (Phi) is 1.93. The molecule has 0 radical (unpaired) electrons. The summed E-state index contributed by atoms with van der Waals surface area (Å²) in [6.45, 7) is 0.318. The predicted octanol–water partition coefficient (Wildman–Crippen LogP) is 2.04. The van der Waals surface area contributed by atoms with Crippen molar-refractivity contribution in [2.24, 2.45) is 0 Å². The summed E-state index contributed by atoms with van der Waals surface area (Å²) >= 11 is 0. The first kappa shape index (κ1) is 8.34. The number of nitrogens with zero attached hydrogens (tertiary/aromatic N) is 3. The van der Waals surface area contributed by atoms with E-state index in [0.29, 0.717) is 12.1 Å². The van der Waals surface area contributed by atoms with Crippen LogP contribution in [0.5, 0.6) is 0 Å². The number of rotatable bonds is 1. The molecule has 0 aliphatic carbocycles. The quantitative estimate of drug-likeness (QED) is 0.675. The van der Waals surface area contributed by atoms with E-state index in [9.17, 15) is 0 Å². The molecule has 2 aromatic rings. The standard InChI is InChI=1S/C11H7N3/c12-5-7-14-6-4-10-9(8-13)2-1-3-11(10)14/h1-4,6H,7H2. The topological polar surface area (TPSA) is 52.5 Å². The summed E-state index contributed by atoms with van der Waals surface area (Å²) in [5.41, 5.74) is 1.59. The molecule has 0 saturated carbocycles. The van der Waals surface area contributed by atoms with Crippen molar-refractivity contribution in [3.8, 4) is 12.1 Å². The van der Waals surface area contributed by atoms with Crippen LogP contribution in [-0.4, -0.2) is 4.57 Å². The van der Waals surface area contributed by atoms with E-state index in [-0.39, 0.29) is 0 Å². The largest absolute Gasteiger partial charge is 0.334 e. The second-order valence-corrected chi connectivity index (χ2v) is 2.95. The second-order valence-electron chi connectivity index (χ2n) is 2.95. The van der Waals surface area contributed by atoms with Crippen molar-refractivity contribution in [3.63, 3.8) is 0 Å². The monoisotopic (exact) mass is 181 g/mol. The molecule has 0 saturated heterocycles. The third kappa shape index (κ3) is 1.12. The molecule has 0 fully saturated rings. The fourth-order valence-corrected chi connectivity index (χ4v) is 1.53. The minimum absolute atomic E-state index is 0.318. The summed E-state index contributed by atoms with van der Waals surface area (Å²) in [4.78, 5) is 0. The molecular formula is C11H7N3. The summed E-state index contributed by atoms with van der Waals surface area (Å²) in [5.74, 6) is 0. The lowest BCUT2D eigenvalue weighted by Crippen LogP contribution is -1.92. The molecule has 3 nitrogen and oxygen atoms in total. The molecule has 0 N–H and O–H groups in total. The summed E-state index contributed by atoms with van der Waals surface area (Å²) in [6, 6.07) is 11.6. The van der Waals surface area contributed by atoms with E-state index in [4.69, 9.17) is 10.5 Å². The van der Waals surface area contributed by atoms with Gasteiger partial charge < -0.3 is 4.57 Å². The van der Waals surface area contributed by atoms with E-state index in [1.165, 1.54) is 0 Å². The van der Waals surface area contributed by atoms with Crippen molar-refractivity contribution in [1.29, 1.82) is 10.5 Å². The lowest BCUT2D eigenvalue weighted by Gasteiger charge is -1.98. The molecule has 0 aliphatic rings. The lowest BCUT2D eigenvalue weighted by atomic mass is 10.1. The highest BCUT2D eigenvalue weighted by Gasteiger charge is 2.03. The molecule has 0 unspecified atom stereocenters. The van der Waals surface area contributed by atoms with Gasteiger partial charge in [0.2, 0.25) is 0 Å². The Hall–Kier alpha value is -2.26. The van der Waals surface area contributed by atoms with E-state index in [2.05, 4.69) is 12.1 Å². The average molecular weight is 181 g/mol. The van der Waals surface area contributed by atoms with Crippen molar-refractivity contribution in [2.45, 2.75) is 6.54 Å². The van der Waals surface area contributed by atoms with Gasteiger partial charge in [-0.3, -0.25) is 0 Å². The normalized spacial score (nSPS) is 9.57. The molecule has 14 heavy (non-hydrogen) atoms. The van der Waals surface area contributed by atoms with Gasteiger partial charge in [-0.1, -0.05) is 6.07 Å². The summed E-state index contributed by atoms with van der Waals surface area (Å²) in [5, 5.41) is 18.3. The maximum absolute atomic E-state index is 8.85. The molecule has 0 spiro atoms. The number of benzene rings is 1. The zero-order chi connectivity index (χ0) is 9.97. The van der Waals surface area contributed by atoms with Gasteiger partial charge in [-0.05, 0) is 18.2 Å². The summed E-state index contributed by atoms with van der Waals surface area (Å²) in [6.07, 6.45) is 1.83. The van der Waals surface area contributed by atoms with Crippen LogP contribution in [0.2, 0.25) is 0 Å². The van der Waals surface area contributed by atoms with Crippen molar-refractivity contribution >= 4 is 10.9 Å². The fraction of sp³-hybridized carbons (Fsp3) is 0.0909. The predicted molar refractivity (Wildman–Crippen MR) is 52.3 cm³/mol. The van der Waals surface area contributed by atoms with Gasteiger partial charge in [0.05, 0.1) is 23.2 Å². The van der Waals surface area contributed by atoms with E-state index in [1.807, 2.05) is 29.0 Å². The molecule has 1 aromatic carbocycles. The van der Waals surface area contributed by atoms with Crippen LogP contribution in [0.15, 0.2) is 30.5 Å². The van der Waals surface area contributed by atoms with Crippen LogP contribution in [0.1, 0.15) is 5.56 Å². The zero-order valence-corrected chi connectivity index (χ0v) is 7.44. The molecule has 0 atom stereocenters. The zero-order valence-electron chi connectivity index (χ0n) is 7.44. The third-order valence-electron chi connectivity index (χ3n) is 2.18. The number of hydrogen-bond acceptors (Lipinski definition) is 2. The maximum atomic E-state index is 8.85. The van der Waals surface area contributed by atoms with Gasteiger partial charge in [-0.15, -0.1) is 0 Å². The van der Waals surface area contributed by atoms with Crippen LogP contribution in [0.4, 0.5) is 0 Å². The summed E-state index contributed by atoms with van der Waals surface area (Å²) < 4.78 is 1.83. The Labute approximate surface area is 81.4 Å². The number of nitriles is 2. The molecule has 0 amide bonds. The first-order valence-electron chi connectivity index (χ1n) is 4.21. The molecule has 0 aliphatic heterocycles. The lowest BCUT2D eigenvalue weighted by molar-refractivity contribution is 0.874. The fourth-order valence-electron chi connectivity index (χ4n) is 1.53. The molecule has 66 valence electrons. The van der Waals surface area contributed by atoms with Crippen LogP contribution in [-0.2, 0) is 6.54 Å². The Balaban J connectivity index is 2.72. The van der Waals surface area contributed by atoms with Gasteiger partial charge in [0.25, 0.3) is 0 Å². The van der Waals surface area contributed by atoms with E-state index >= 15 is 0 Å². The number of hydrogen-bond donors (Lipinski definition) is 0. The van der Waals surface area contributed by atoms with Gasteiger partial charge in [0.15, 0.2) is 0 Å². The van der Waals surface area contributed by atoms with Gasteiger partial charge in [0, 0.05) is 11.6 Å². The van der Waals surface area contributed by atoms with Gasteiger partial charge >= 0.3 is 0 Å². The highest BCUT2D eigenvalue weighted by atomic mass is 14.9. The van der Waals surface area contributed by atoms with Crippen molar-refractivity contribution in [2.75, 3.05) is 0 Å². The van der Waals surface area contributed by atoms with Crippen LogP contribution < -0.4 is 0 Å². The van der Waals surface area contributed by atoms with Crippen LogP contribution in [0.3, 0.4) is 0 Å². The van der Waals surface area contributed by atoms with Crippen molar-refractivity contribution in [3.05, 3.63) is 36.0 Å². The molecular weight excluding hydrogens is 174 g/mol. The Morgan fingerprint density at radius 3 is 2.79 bits per heavy atom. The first-order valence-corrected chi connectivity index (χ1v) is 4.21. The Morgan fingerprint density at radius 1 is 1.21 bits per heavy atom. The van der Waals surface area contributed by atoms with Gasteiger partial charge in [-0.25, -0.2) is 0 Å². The van der Waals surface area contributed by atoms with Crippen LogP contribution in [0.25, 0.3) is 10.9 Å². The Bertz CT molecular complexity index is 552. The minimum Gasteiger partial charge on any atom is -0.334 e. The maximum Gasteiger partial charge on any atom is 0.110 e. The van der Waals surface area contributed by atoms with E-state index in [0.717, 1.165) is 10.9 Å². The van der Waals surface area contributed by atoms with Crippen molar-refractivity contribution in [1.82, 2.24) is 4.57 Å². The molecule has 1 heterocycles. The van der Waals surface area contributed by atoms with E-state index < -0.39 is 0 Å². The smallest absolute Gasteiger partial charge is 0.110 e. The van der Waals surface area contributed by atoms with Crippen LogP contribution >= 0.6 is 0 Å². The molecule has 2 rings (SSSR count). The highest BCUT2D eigenvalue weighted by molar-refractivity contribution is 5.86. The number of aromatic nitrogens is 1.